The van der Waals surface area contributed by atoms with E-state index in [9.17, 15) is 4.79 Å². The summed E-state index contributed by atoms with van der Waals surface area (Å²) in [7, 11) is 0. The van der Waals surface area contributed by atoms with Crippen LogP contribution < -0.4 is 5.43 Å². The predicted octanol–water partition coefficient (Wildman–Crippen LogP) is 3.14. The van der Waals surface area contributed by atoms with Crippen LogP contribution in [-0.4, -0.2) is 12.1 Å². The number of nitrogens with one attached hydrogen (secondary N) is 1. The van der Waals surface area contributed by atoms with Crippen LogP contribution in [0.4, 0.5) is 0 Å². The highest BCUT2D eigenvalue weighted by Gasteiger charge is 2.00. The van der Waals surface area contributed by atoms with Crippen molar-refractivity contribution >= 4 is 28.1 Å². The van der Waals surface area contributed by atoms with Crippen LogP contribution in [-0.2, 0) is 11.2 Å². The summed E-state index contributed by atoms with van der Waals surface area (Å²) >= 11 is 3.38. The van der Waals surface area contributed by atoms with Crippen molar-refractivity contribution in [2.45, 2.75) is 6.42 Å². The molecule has 0 aliphatic carbocycles. The smallest absolute Gasteiger partial charge is 0.244 e. The SMILES string of the molecule is O=C(Cc1ccccc1)N/N=C/c1cccc(Br)c1. The van der Waals surface area contributed by atoms with Gasteiger partial charge in [0.15, 0.2) is 0 Å². The molecule has 0 saturated heterocycles. The summed E-state index contributed by atoms with van der Waals surface area (Å²) in [6, 6.07) is 17.3. The van der Waals surface area contributed by atoms with E-state index in [2.05, 4.69) is 26.5 Å². The van der Waals surface area contributed by atoms with Gasteiger partial charge in [0.2, 0.25) is 5.91 Å². The third kappa shape index (κ3) is 4.67. The Balaban J connectivity index is 1.87. The molecule has 0 heterocycles. The third-order valence-corrected chi connectivity index (χ3v) is 2.95. The van der Waals surface area contributed by atoms with Crippen molar-refractivity contribution in [2.24, 2.45) is 5.10 Å². The van der Waals surface area contributed by atoms with Crippen LogP contribution in [0.15, 0.2) is 64.2 Å². The molecule has 1 amide bonds. The zero-order chi connectivity index (χ0) is 13.5. The second-order valence-corrected chi connectivity index (χ2v) is 4.93. The number of nitrogens with zero attached hydrogens (tertiary/aromatic N) is 1. The summed E-state index contributed by atoms with van der Waals surface area (Å²) in [5.41, 5.74) is 4.41. The Bertz CT molecular complexity index is 582. The van der Waals surface area contributed by atoms with Crippen LogP contribution in [0.1, 0.15) is 11.1 Å². The summed E-state index contributed by atoms with van der Waals surface area (Å²) in [6.07, 6.45) is 1.95. The number of rotatable bonds is 4. The van der Waals surface area contributed by atoms with Crippen molar-refractivity contribution in [2.75, 3.05) is 0 Å². The van der Waals surface area contributed by atoms with Gasteiger partial charge < -0.3 is 0 Å². The zero-order valence-electron chi connectivity index (χ0n) is 10.2. The number of hydrazone groups is 1. The molecule has 0 radical (unpaired) electrons. The Morgan fingerprint density at radius 3 is 2.68 bits per heavy atom. The lowest BCUT2D eigenvalue weighted by Crippen LogP contribution is -2.19. The molecule has 0 atom stereocenters. The zero-order valence-corrected chi connectivity index (χ0v) is 11.8. The van der Waals surface area contributed by atoms with E-state index in [4.69, 9.17) is 0 Å². The number of carbonyl (C=O) groups excluding carboxylic acids is 1. The maximum absolute atomic E-state index is 11.6. The average molecular weight is 317 g/mol. The predicted molar refractivity (Wildman–Crippen MR) is 80.0 cm³/mol. The van der Waals surface area contributed by atoms with Gasteiger partial charge >= 0.3 is 0 Å². The van der Waals surface area contributed by atoms with Gasteiger partial charge in [-0.3, -0.25) is 4.79 Å². The largest absolute Gasteiger partial charge is 0.273 e. The summed E-state index contributed by atoms with van der Waals surface area (Å²) in [4.78, 5) is 11.6. The first-order valence-electron chi connectivity index (χ1n) is 5.85. The number of hydrogen-bond acceptors (Lipinski definition) is 2. The first-order valence-corrected chi connectivity index (χ1v) is 6.65. The molecule has 0 aliphatic heterocycles. The first kappa shape index (κ1) is 13.5. The normalized spacial score (nSPS) is 10.6. The van der Waals surface area contributed by atoms with E-state index in [1.54, 1.807) is 6.21 Å². The number of amides is 1. The van der Waals surface area contributed by atoms with Crippen molar-refractivity contribution in [1.29, 1.82) is 0 Å². The third-order valence-electron chi connectivity index (χ3n) is 2.46. The fraction of sp³-hybridized carbons (Fsp3) is 0.0667. The van der Waals surface area contributed by atoms with E-state index in [-0.39, 0.29) is 5.91 Å². The van der Waals surface area contributed by atoms with Gasteiger partial charge in [0.25, 0.3) is 0 Å². The number of halogens is 1. The lowest BCUT2D eigenvalue weighted by molar-refractivity contribution is -0.120. The second kappa shape index (κ2) is 6.85. The molecule has 0 saturated carbocycles. The minimum Gasteiger partial charge on any atom is -0.273 e. The minimum atomic E-state index is -0.127. The number of benzene rings is 2. The van der Waals surface area contributed by atoms with Crippen molar-refractivity contribution in [3.05, 3.63) is 70.2 Å². The van der Waals surface area contributed by atoms with E-state index < -0.39 is 0 Å². The Labute approximate surface area is 120 Å². The van der Waals surface area contributed by atoms with Crippen molar-refractivity contribution in [3.8, 4) is 0 Å². The van der Waals surface area contributed by atoms with Crippen LogP contribution in [0.5, 0.6) is 0 Å². The van der Waals surface area contributed by atoms with E-state index in [1.807, 2.05) is 54.6 Å². The second-order valence-electron chi connectivity index (χ2n) is 4.01. The maximum atomic E-state index is 11.6. The average Bonchev–Trinajstić information content (AvgIpc) is 2.40. The Morgan fingerprint density at radius 2 is 1.95 bits per heavy atom. The van der Waals surface area contributed by atoms with Crippen LogP contribution in [0.25, 0.3) is 0 Å². The van der Waals surface area contributed by atoms with Gasteiger partial charge in [-0.1, -0.05) is 58.4 Å². The highest BCUT2D eigenvalue weighted by atomic mass is 79.9. The molecule has 0 aromatic heterocycles. The molecule has 96 valence electrons. The molecule has 2 rings (SSSR count). The van der Waals surface area contributed by atoms with Gasteiger partial charge in [0.05, 0.1) is 12.6 Å². The van der Waals surface area contributed by atoms with Gasteiger partial charge in [-0.2, -0.15) is 5.10 Å². The van der Waals surface area contributed by atoms with Crippen molar-refractivity contribution in [3.63, 3.8) is 0 Å². The van der Waals surface area contributed by atoms with E-state index in [0.29, 0.717) is 6.42 Å². The molecule has 0 fully saturated rings. The minimum absolute atomic E-state index is 0.127. The summed E-state index contributed by atoms with van der Waals surface area (Å²) in [5, 5.41) is 3.93. The van der Waals surface area contributed by atoms with Crippen molar-refractivity contribution in [1.82, 2.24) is 5.43 Å². The Hall–Kier alpha value is -1.94. The van der Waals surface area contributed by atoms with Crippen LogP contribution in [0, 0.1) is 0 Å². The molecular formula is C15H13BrN2O. The fourth-order valence-corrected chi connectivity index (χ4v) is 2.00. The van der Waals surface area contributed by atoms with E-state index in [1.165, 1.54) is 0 Å². The number of carbonyl (C=O) groups is 1. The van der Waals surface area contributed by atoms with Crippen LogP contribution in [0.3, 0.4) is 0 Å². The molecule has 2 aromatic rings. The highest BCUT2D eigenvalue weighted by molar-refractivity contribution is 9.10. The lowest BCUT2D eigenvalue weighted by atomic mass is 10.1. The quantitative estimate of drug-likeness (QED) is 0.683. The maximum Gasteiger partial charge on any atom is 0.244 e. The molecule has 0 bridgehead atoms. The Morgan fingerprint density at radius 1 is 1.16 bits per heavy atom. The van der Waals surface area contributed by atoms with Crippen LogP contribution >= 0.6 is 15.9 Å². The van der Waals surface area contributed by atoms with Gasteiger partial charge in [-0.05, 0) is 23.3 Å². The van der Waals surface area contributed by atoms with Gasteiger partial charge in [-0.25, -0.2) is 5.43 Å². The standard InChI is InChI=1S/C15H13BrN2O/c16-14-8-4-7-13(9-14)11-17-18-15(19)10-12-5-2-1-3-6-12/h1-9,11H,10H2,(H,18,19)/b17-11+. The lowest BCUT2D eigenvalue weighted by Gasteiger charge is -2.00. The van der Waals surface area contributed by atoms with E-state index >= 15 is 0 Å². The Kier molecular flexibility index (Phi) is 4.86. The molecular weight excluding hydrogens is 304 g/mol. The highest BCUT2D eigenvalue weighted by Crippen LogP contribution is 2.09. The summed E-state index contributed by atoms with van der Waals surface area (Å²) < 4.78 is 0.979. The topological polar surface area (TPSA) is 41.5 Å². The van der Waals surface area contributed by atoms with Gasteiger partial charge in [0.1, 0.15) is 0 Å². The van der Waals surface area contributed by atoms with Crippen molar-refractivity contribution < 1.29 is 4.79 Å². The summed E-state index contributed by atoms with van der Waals surface area (Å²) in [5.74, 6) is -0.127. The van der Waals surface area contributed by atoms with E-state index in [0.717, 1.165) is 15.6 Å². The van der Waals surface area contributed by atoms with Gasteiger partial charge in [-0.15, -0.1) is 0 Å². The van der Waals surface area contributed by atoms with Gasteiger partial charge in [0, 0.05) is 4.47 Å². The molecule has 3 nitrogen and oxygen atoms in total. The molecule has 0 unspecified atom stereocenters. The molecule has 2 aromatic carbocycles. The summed E-state index contributed by atoms with van der Waals surface area (Å²) in [6.45, 7) is 0. The molecule has 1 N–H and O–H groups in total. The molecule has 0 aliphatic rings. The van der Waals surface area contributed by atoms with Crippen LogP contribution in [0.2, 0.25) is 0 Å². The number of hydrogen-bond donors (Lipinski definition) is 1. The molecule has 19 heavy (non-hydrogen) atoms. The first-order chi connectivity index (χ1) is 9.24. The molecule has 4 heteroatoms. The fourth-order valence-electron chi connectivity index (χ4n) is 1.59. The monoisotopic (exact) mass is 316 g/mol. The molecule has 0 spiro atoms.